The molecule has 0 saturated carbocycles. The van der Waals surface area contributed by atoms with Crippen LogP contribution < -0.4 is 4.74 Å². The minimum absolute atomic E-state index is 0.0186. The lowest BCUT2D eigenvalue weighted by molar-refractivity contribution is 0.103. The molecule has 0 amide bonds. The van der Waals surface area contributed by atoms with Crippen LogP contribution in [0.25, 0.3) is 0 Å². The van der Waals surface area contributed by atoms with Crippen molar-refractivity contribution in [3.63, 3.8) is 0 Å². The number of carbonyl (C=O) groups is 1. The first-order valence-electron chi connectivity index (χ1n) is 8.18. The normalized spacial score (nSPS) is 11.1. The summed E-state index contributed by atoms with van der Waals surface area (Å²) in [5, 5.41) is 0. The first kappa shape index (κ1) is 20.6. The van der Waals surface area contributed by atoms with Crippen molar-refractivity contribution in [2.24, 2.45) is 0 Å². The molecule has 5 heteroatoms. The predicted octanol–water partition coefficient (Wildman–Crippen LogP) is 5.50. The molecule has 0 N–H and O–H groups in total. The fraction of sp³-hybridized carbons (Fsp3) is 0.190. The molecule has 2 aromatic rings. The van der Waals surface area contributed by atoms with Crippen molar-refractivity contribution in [1.29, 1.82) is 0 Å². The summed E-state index contributed by atoms with van der Waals surface area (Å²) in [5.41, 5.74) is 1.27. The van der Waals surface area contributed by atoms with Gasteiger partial charge in [-0.05, 0) is 65.4 Å². The molecule has 26 heavy (non-hydrogen) atoms. The fourth-order valence-electron chi connectivity index (χ4n) is 2.28. The molecule has 0 aromatic heterocycles. The van der Waals surface area contributed by atoms with E-state index in [9.17, 15) is 4.79 Å². The summed E-state index contributed by atoms with van der Waals surface area (Å²) in [4.78, 5) is 14.7. The highest BCUT2D eigenvalue weighted by atomic mass is 79.9. The van der Waals surface area contributed by atoms with Crippen molar-refractivity contribution in [1.82, 2.24) is 4.90 Å². The zero-order valence-electron chi connectivity index (χ0n) is 14.6. The third-order valence-electron chi connectivity index (χ3n) is 3.66. The summed E-state index contributed by atoms with van der Waals surface area (Å²) in [6, 6.07) is 12.7. The number of halogens is 2. The maximum absolute atomic E-state index is 12.5. The van der Waals surface area contributed by atoms with Gasteiger partial charge in [0.25, 0.3) is 0 Å². The van der Waals surface area contributed by atoms with Crippen molar-refractivity contribution < 1.29 is 9.53 Å². The van der Waals surface area contributed by atoms with Crippen molar-refractivity contribution in [2.75, 3.05) is 26.7 Å². The first-order valence-corrected chi connectivity index (χ1v) is 9.77. The molecule has 0 atom stereocenters. The van der Waals surface area contributed by atoms with Gasteiger partial charge in [-0.1, -0.05) is 34.2 Å². The second-order valence-electron chi connectivity index (χ2n) is 5.77. The van der Waals surface area contributed by atoms with E-state index in [1.807, 2.05) is 37.4 Å². The van der Waals surface area contributed by atoms with Crippen LogP contribution in [0.3, 0.4) is 0 Å². The van der Waals surface area contributed by atoms with Gasteiger partial charge in [0.15, 0.2) is 5.78 Å². The molecule has 0 heterocycles. The van der Waals surface area contributed by atoms with Gasteiger partial charge in [-0.2, -0.15) is 0 Å². The highest BCUT2D eigenvalue weighted by Crippen LogP contribution is 2.27. The lowest BCUT2D eigenvalue weighted by Crippen LogP contribution is -2.17. The van der Waals surface area contributed by atoms with E-state index in [0.717, 1.165) is 22.0 Å². The molecule has 0 unspecified atom stereocenters. The quantitative estimate of drug-likeness (QED) is 0.352. The molecule has 0 aliphatic heterocycles. The van der Waals surface area contributed by atoms with Gasteiger partial charge >= 0.3 is 0 Å². The van der Waals surface area contributed by atoms with E-state index in [0.29, 0.717) is 23.5 Å². The van der Waals surface area contributed by atoms with Crippen molar-refractivity contribution >= 4 is 37.6 Å². The van der Waals surface area contributed by atoms with Gasteiger partial charge in [0.2, 0.25) is 0 Å². The van der Waals surface area contributed by atoms with Crippen LogP contribution in [0.15, 0.2) is 76.2 Å². The zero-order chi connectivity index (χ0) is 18.9. The lowest BCUT2D eigenvalue weighted by Gasteiger charge is -2.11. The Labute approximate surface area is 171 Å². The summed E-state index contributed by atoms with van der Waals surface area (Å²) in [7, 11) is 2.03. The Morgan fingerprint density at radius 2 is 1.77 bits per heavy atom. The van der Waals surface area contributed by atoms with E-state index < -0.39 is 0 Å². The molecule has 0 saturated heterocycles. The topological polar surface area (TPSA) is 29.5 Å². The second-order valence-corrected chi connectivity index (χ2v) is 7.54. The molecular formula is C21H21Br2NO2. The van der Waals surface area contributed by atoms with Gasteiger partial charge in [0.05, 0.1) is 4.47 Å². The van der Waals surface area contributed by atoms with Crippen molar-refractivity contribution in [3.05, 3.63) is 87.3 Å². The number of hydrogen-bond acceptors (Lipinski definition) is 3. The lowest BCUT2D eigenvalue weighted by atomic mass is 10.0. The minimum Gasteiger partial charge on any atom is -0.488 e. The second kappa shape index (κ2) is 10.5. The number of carbonyl (C=O) groups excluding carboxylic acids is 1. The van der Waals surface area contributed by atoms with Gasteiger partial charge < -0.3 is 4.74 Å². The smallest absolute Gasteiger partial charge is 0.193 e. The van der Waals surface area contributed by atoms with Crippen LogP contribution in [0.1, 0.15) is 15.9 Å². The zero-order valence-corrected chi connectivity index (χ0v) is 17.8. The van der Waals surface area contributed by atoms with Crippen molar-refractivity contribution in [2.45, 2.75) is 0 Å². The summed E-state index contributed by atoms with van der Waals surface area (Å²) >= 11 is 6.86. The SMILES string of the molecule is C=CCN(C)C/C=C/COc1ccc(C(=O)c2ccc(Br)cc2)cc1Br. The Hall–Kier alpha value is -1.69. The van der Waals surface area contributed by atoms with Crippen LogP contribution >= 0.6 is 31.9 Å². The molecule has 2 rings (SSSR count). The van der Waals surface area contributed by atoms with Gasteiger partial charge in [-0.3, -0.25) is 9.69 Å². The molecular weight excluding hydrogens is 458 g/mol. The van der Waals surface area contributed by atoms with Crippen LogP contribution in [-0.4, -0.2) is 37.4 Å². The Morgan fingerprint density at radius 1 is 1.08 bits per heavy atom. The number of ketones is 1. The van der Waals surface area contributed by atoms with Gasteiger partial charge in [0.1, 0.15) is 12.4 Å². The third kappa shape index (κ3) is 6.24. The molecule has 0 bridgehead atoms. The van der Waals surface area contributed by atoms with E-state index in [-0.39, 0.29) is 5.78 Å². The van der Waals surface area contributed by atoms with Gasteiger partial charge in [0, 0.05) is 28.7 Å². The average molecular weight is 479 g/mol. The monoisotopic (exact) mass is 477 g/mol. The summed E-state index contributed by atoms with van der Waals surface area (Å²) in [6.07, 6.45) is 5.91. The third-order valence-corrected chi connectivity index (χ3v) is 4.81. The number of likely N-dealkylation sites (N-methyl/N-ethyl adjacent to an activating group) is 1. The largest absolute Gasteiger partial charge is 0.488 e. The number of hydrogen-bond donors (Lipinski definition) is 0. The highest BCUT2D eigenvalue weighted by molar-refractivity contribution is 9.10. The summed E-state index contributed by atoms with van der Waals surface area (Å²) in [6.45, 7) is 5.88. The van der Waals surface area contributed by atoms with E-state index >= 15 is 0 Å². The number of rotatable bonds is 9. The Bertz CT molecular complexity index is 785. The maximum Gasteiger partial charge on any atom is 0.193 e. The average Bonchev–Trinajstić information content (AvgIpc) is 2.63. The van der Waals surface area contributed by atoms with E-state index in [2.05, 4.69) is 49.4 Å². The molecule has 0 fully saturated rings. The molecule has 0 spiro atoms. The van der Waals surface area contributed by atoms with E-state index in [1.54, 1.807) is 24.3 Å². The number of nitrogens with zero attached hydrogens (tertiary/aromatic N) is 1. The number of benzene rings is 2. The predicted molar refractivity (Wildman–Crippen MR) is 114 cm³/mol. The van der Waals surface area contributed by atoms with Gasteiger partial charge in [-0.25, -0.2) is 0 Å². The maximum atomic E-state index is 12.5. The Balaban J connectivity index is 1.94. The van der Waals surface area contributed by atoms with Crippen LogP contribution in [0, 0.1) is 0 Å². The van der Waals surface area contributed by atoms with Gasteiger partial charge in [-0.15, -0.1) is 6.58 Å². The summed E-state index contributed by atoms with van der Waals surface area (Å²) < 4.78 is 7.45. The molecule has 3 nitrogen and oxygen atoms in total. The highest BCUT2D eigenvalue weighted by Gasteiger charge is 2.11. The molecule has 2 aromatic carbocycles. The minimum atomic E-state index is -0.0186. The Morgan fingerprint density at radius 3 is 2.42 bits per heavy atom. The van der Waals surface area contributed by atoms with Crippen LogP contribution in [0.5, 0.6) is 5.75 Å². The first-order chi connectivity index (χ1) is 12.5. The molecule has 0 aliphatic rings. The van der Waals surface area contributed by atoms with Crippen LogP contribution in [-0.2, 0) is 0 Å². The number of ether oxygens (including phenoxy) is 1. The van der Waals surface area contributed by atoms with E-state index in [1.165, 1.54) is 0 Å². The van der Waals surface area contributed by atoms with Crippen LogP contribution in [0.4, 0.5) is 0 Å². The van der Waals surface area contributed by atoms with E-state index in [4.69, 9.17) is 4.74 Å². The molecule has 0 radical (unpaired) electrons. The Kier molecular flexibility index (Phi) is 8.29. The van der Waals surface area contributed by atoms with Crippen LogP contribution in [0.2, 0.25) is 0 Å². The standard InChI is InChI=1S/C21H21Br2NO2/c1-3-12-24(2)13-4-5-14-26-20-11-8-17(15-19(20)23)21(25)16-6-9-18(22)10-7-16/h3-11,15H,1,12-14H2,2H3/b5-4+. The van der Waals surface area contributed by atoms with Crippen molar-refractivity contribution in [3.8, 4) is 5.75 Å². The fourth-order valence-corrected chi connectivity index (χ4v) is 3.04. The summed E-state index contributed by atoms with van der Waals surface area (Å²) in [5.74, 6) is 0.691. The molecule has 136 valence electrons. The molecule has 0 aliphatic carbocycles.